The van der Waals surface area contributed by atoms with Gasteiger partial charge in [-0.3, -0.25) is 24.1 Å². The lowest BCUT2D eigenvalue weighted by Crippen LogP contribution is -2.60. The summed E-state index contributed by atoms with van der Waals surface area (Å²) >= 11 is 14.2. The number of hydrogen-bond donors (Lipinski definition) is 1. The Balaban J connectivity index is 1.41. The Kier molecular flexibility index (Phi) is 7.60. The third-order valence-electron chi connectivity index (χ3n) is 10.0. The number of amides is 4. The van der Waals surface area contributed by atoms with Crippen LogP contribution in [0, 0.1) is 46.8 Å². The number of imide groups is 2. The summed E-state index contributed by atoms with van der Waals surface area (Å²) in [5, 5.41) is 10.3. The lowest BCUT2D eigenvalue weighted by molar-refractivity contribution is -0.141. The Morgan fingerprint density at radius 2 is 1.49 bits per heavy atom. The molecule has 8 nitrogen and oxygen atoms in total. The van der Waals surface area contributed by atoms with E-state index in [4.69, 9.17) is 27.9 Å². The number of methoxy groups -OCH3 is 1. The number of hydrogen-bond acceptors (Lipinski definition) is 6. The molecular formula is C34H23Cl2F5N2O6. The third-order valence-corrected chi connectivity index (χ3v) is 11.4. The summed E-state index contributed by atoms with van der Waals surface area (Å²) in [6.07, 6.45) is 0.974. The largest absolute Gasteiger partial charge is 0.504 e. The van der Waals surface area contributed by atoms with Crippen LogP contribution in [-0.2, 0) is 25.7 Å². The van der Waals surface area contributed by atoms with Crippen molar-refractivity contribution in [2.75, 3.05) is 12.0 Å². The Labute approximate surface area is 284 Å². The summed E-state index contributed by atoms with van der Waals surface area (Å²) in [7, 11) is 1.23. The van der Waals surface area contributed by atoms with Crippen LogP contribution >= 0.6 is 23.2 Å². The van der Waals surface area contributed by atoms with E-state index in [0.717, 1.165) is 4.90 Å². The first-order valence-electron chi connectivity index (χ1n) is 14.9. The summed E-state index contributed by atoms with van der Waals surface area (Å²) < 4.78 is 78.4. The number of aromatic hydroxyl groups is 1. The van der Waals surface area contributed by atoms with E-state index in [1.54, 1.807) is 36.4 Å². The monoisotopic (exact) mass is 720 g/mol. The van der Waals surface area contributed by atoms with Gasteiger partial charge in [0.2, 0.25) is 17.6 Å². The molecular weight excluding hydrogens is 698 g/mol. The molecule has 2 heterocycles. The molecule has 4 amide bonds. The van der Waals surface area contributed by atoms with Crippen molar-refractivity contribution in [1.29, 1.82) is 0 Å². The number of ether oxygens (including phenoxy) is 1. The first kappa shape index (κ1) is 33.0. The first-order valence-corrected chi connectivity index (χ1v) is 15.7. The van der Waals surface area contributed by atoms with Crippen LogP contribution in [0.2, 0.25) is 0 Å². The average molecular weight is 721 g/mol. The van der Waals surface area contributed by atoms with E-state index < -0.39 is 98.2 Å². The molecule has 2 saturated heterocycles. The summed E-state index contributed by atoms with van der Waals surface area (Å²) in [5.41, 5.74) is -0.818. The van der Waals surface area contributed by atoms with E-state index in [1.807, 2.05) is 0 Å². The minimum Gasteiger partial charge on any atom is -0.504 e. The molecule has 3 aromatic carbocycles. The van der Waals surface area contributed by atoms with Crippen molar-refractivity contribution in [3.05, 3.63) is 100 Å². The number of halogens is 7. The van der Waals surface area contributed by atoms with E-state index in [1.165, 1.54) is 25.3 Å². The zero-order chi connectivity index (χ0) is 35.3. The fourth-order valence-electron chi connectivity index (χ4n) is 7.80. The number of carbonyl (C=O) groups is 4. The molecule has 254 valence electrons. The minimum atomic E-state index is -2.68. The Hall–Kier alpha value is -4.49. The van der Waals surface area contributed by atoms with Crippen LogP contribution in [0.5, 0.6) is 11.5 Å². The first-order chi connectivity index (χ1) is 23.2. The Bertz CT molecular complexity index is 2000. The molecule has 6 atom stereocenters. The molecule has 1 saturated carbocycles. The second kappa shape index (κ2) is 11.3. The highest BCUT2D eigenvalue weighted by Crippen LogP contribution is 2.66. The molecule has 4 aliphatic rings. The highest BCUT2D eigenvalue weighted by atomic mass is 35.5. The van der Waals surface area contributed by atoms with Crippen LogP contribution in [0.4, 0.5) is 27.6 Å². The van der Waals surface area contributed by atoms with Gasteiger partial charge in [0.05, 0.1) is 25.5 Å². The topological polar surface area (TPSA) is 104 Å². The fourth-order valence-corrected chi connectivity index (χ4v) is 8.74. The van der Waals surface area contributed by atoms with Gasteiger partial charge in [0.1, 0.15) is 5.69 Å². The number of phenolic OH excluding ortho intramolecular Hbond substituents is 1. The number of phenols is 1. The van der Waals surface area contributed by atoms with Crippen molar-refractivity contribution in [3.8, 4) is 11.5 Å². The van der Waals surface area contributed by atoms with Crippen molar-refractivity contribution in [2.45, 2.75) is 35.1 Å². The van der Waals surface area contributed by atoms with Crippen LogP contribution in [0.3, 0.4) is 0 Å². The van der Waals surface area contributed by atoms with Crippen LogP contribution < -0.4 is 9.64 Å². The van der Waals surface area contributed by atoms with Gasteiger partial charge in [-0.15, -0.1) is 23.2 Å². The summed E-state index contributed by atoms with van der Waals surface area (Å²) in [6, 6.07) is 12.5. The highest BCUT2D eigenvalue weighted by molar-refractivity contribution is 6.58. The summed E-state index contributed by atoms with van der Waals surface area (Å²) in [6.45, 7) is -0.0525. The van der Waals surface area contributed by atoms with E-state index in [9.17, 15) is 37.5 Å². The van der Waals surface area contributed by atoms with Crippen LogP contribution in [0.25, 0.3) is 0 Å². The van der Waals surface area contributed by atoms with Crippen molar-refractivity contribution >= 4 is 52.5 Å². The fraction of sp³-hybridized carbons (Fsp3) is 0.294. The normalized spacial score (nSPS) is 29.2. The second-order valence-corrected chi connectivity index (χ2v) is 13.6. The standard InChI is InChI=1S/C34H23Cl2F5N2O6/c1-49-20-11-15(7-10-19(20)44)22-16-8-9-17-21(30(46)42(29(17)45)13-14-5-3-2-4-6-14)18(16)12-33(35)31(47)43(32(48)34(22,33)36)28-26(40)24(38)23(37)25(39)27(28)41/h2-8,10-11,17-18,21-22,44H,9,12-13H2,1H3. The third kappa shape index (κ3) is 4.33. The predicted octanol–water partition coefficient (Wildman–Crippen LogP) is 5.86. The average Bonchev–Trinajstić information content (AvgIpc) is 3.41. The van der Waals surface area contributed by atoms with Gasteiger partial charge in [-0.05, 0) is 42.0 Å². The quantitative estimate of drug-likeness (QED) is 0.0885. The van der Waals surface area contributed by atoms with E-state index in [0.29, 0.717) is 5.56 Å². The van der Waals surface area contributed by atoms with Crippen LogP contribution in [0.15, 0.2) is 60.2 Å². The van der Waals surface area contributed by atoms with Crippen LogP contribution in [0.1, 0.15) is 29.9 Å². The number of rotatable bonds is 5. The van der Waals surface area contributed by atoms with Crippen molar-refractivity contribution in [3.63, 3.8) is 0 Å². The van der Waals surface area contributed by atoms with Gasteiger partial charge >= 0.3 is 0 Å². The van der Waals surface area contributed by atoms with Gasteiger partial charge in [0, 0.05) is 5.92 Å². The molecule has 3 aromatic rings. The molecule has 6 unspecified atom stereocenters. The van der Waals surface area contributed by atoms with E-state index >= 15 is 8.78 Å². The van der Waals surface area contributed by atoms with Gasteiger partial charge in [0.15, 0.2) is 44.5 Å². The van der Waals surface area contributed by atoms with E-state index in [2.05, 4.69) is 0 Å². The molecule has 0 aromatic heterocycles. The van der Waals surface area contributed by atoms with Gasteiger partial charge in [-0.1, -0.05) is 48.0 Å². The molecule has 1 N–H and O–H groups in total. The number of benzene rings is 3. The molecule has 2 aliphatic heterocycles. The van der Waals surface area contributed by atoms with Gasteiger partial charge < -0.3 is 9.84 Å². The zero-order valence-electron chi connectivity index (χ0n) is 25.2. The molecule has 2 aliphatic carbocycles. The van der Waals surface area contributed by atoms with Crippen molar-refractivity contribution in [1.82, 2.24) is 4.90 Å². The van der Waals surface area contributed by atoms with Gasteiger partial charge in [0.25, 0.3) is 11.8 Å². The molecule has 15 heteroatoms. The molecule has 3 fully saturated rings. The minimum absolute atomic E-state index is 0.00380. The SMILES string of the molecule is COc1cc(C2C3=CCC4C(=O)N(Cc5ccccc5)C(=O)C4C3CC3(Cl)C(=O)N(c4c(F)c(F)c(F)c(F)c4F)C(=O)C23Cl)ccc1O. The molecule has 7 rings (SSSR count). The maximum atomic E-state index is 15.2. The zero-order valence-corrected chi connectivity index (χ0v) is 26.7. The lowest BCUT2D eigenvalue weighted by atomic mass is 9.56. The van der Waals surface area contributed by atoms with Gasteiger partial charge in [-0.2, -0.15) is 0 Å². The number of allylic oxidation sites excluding steroid dienone is 2. The van der Waals surface area contributed by atoms with Crippen LogP contribution in [-0.4, -0.2) is 50.5 Å². The number of fused-ring (bicyclic) bond motifs is 4. The number of carbonyl (C=O) groups excluding carboxylic acids is 4. The molecule has 0 radical (unpaired) electrons. The highest BCUT2D eigenvalue weighted by Gasteiger charge is 2.77. The number of alkyl halides is 2. The van der Waals surface area contributed by atoms with Gasteiger partial charge in [-0.25, -0.2) is 26.9 Å². The summed E-state index contributed by atoms with van der Waals surface area (Å²) in [4.78, 5) is 51.8. The van der Waals surface area contributed by atoms with Crippen molar-refractivity contribution < 1.29 is 51.0 Å². The number of nitrogens with zero attached hydrogens (tertiary/aromatic N) is 2. The molecule has 0 bridgehead atoms. The maximum absolute atomic E-state index is 15.2. The second-order valence-electron chi connectivity index (χ2n) is 12.4. The number of anilines is 1. The smallest absolute Gasteiger partial charge is 0.258 e. The Morgan fingerprint density at radius 3 is 2.12 bits per heavy atom. The number of likely N-dealkylation sites (tertiary alicyclic amines) is 1. The maximum Gasteiger partial charge on any atom is 0.258 e. The molecule has 0 spiro atoms. The summed E-state index contributed by atoms with van der Waals surface area (Å²) in [5.74, 6) is -21.5. The molecule has 49 heavy (non-hydrogen) atoms. The lowest BCUT2D eigenvalue weighted by Gasteiger charge is -2.50. The Morgan fingerprint density at radius 1 is 0.857 bits per heavy atom. The predicted molar refractivity (Wildman–Crippen MR) is 163 cm³/mol. The van der Waals surface area contributed by atoms with E-state index in [-0.39, 0.29) is 40.5 Å². The van der Waals surface area contributed by atoms with Crippen molar-refractivity contribution in [2.24, 2.45) is 17.8 Å².